The van der Waals surface area contributed by atoms with Gasteiger partial charge in [-0.3, -0.25) is 19.1 Å². The lowest BCUT2D eigenvalue weighted by Gasteiger charge is -2.20. The van der Waals surface area contributed by atoms with Crippen LogP contribution >= 0.6 is 8.18 Å². The molecule has 0 saturated heterocycles. The Labute approximate surface area is 154 Å². The second kappa shape index (κ2) is 9.82. The summed E-state index contributed by atoms with van der Waals surface area (Å²) in [5.41, 5.74) is 0.141. The van der Waals surface area contributed by atoms with E-state index < -0.39 is 45.5 Å². The van der Waals surface area contributed by atoms with Crippen LogP contribution in [0.3, 0.4) is 0 Å². The van der Waals surface area contributed by atoms with E-state index in [2.05, 4.69) is 4.98 Å². The normalized spacial score (nSPS) is 14.0. The van der Waals surface area contributed by atoms with Crippen molar-refractivity contribution < 1.29 is 41.7 Å². The summed E-state index contributed by atoms with van der Waals surface area (Å²) < 4.78 is 59.5. The van der Waals surface area contributed by atoms with Crippen LogP contribution in [0.1, 0.15) is 41.9 Å². The summed E-state index contributed by atoms with van der Waals surface area (Å²) in [5, 5.41) is 11.7. The van der Waals surface area contributed by atoms with Crippen LogP contribution in [-0.2, 0) is 25.2 Å². The quantitative estimate of drug-likeness (QED) is 0.362. The molecule has 0 radical (unpaired) electrons. The number of nitrogens with one attached hydrogen (secondary N) is 1. The van der Waals surface area contributed by atoms with Crippen molar-refractivity contribution in [2.45, 2.75) is 52.1 Å². The van der Waals surface area contributed by atoms with Crippen molar-refractivity contribution in [3.8, 4) is 5.75 Å². The average molecular weight is 412 g/mol. The Balaban J connectivity index is 2.81. The minimum Gasteiger partial charge on any atom is -0.505 e. The molecule has 2 atom stereocenters. The van der Waals surface area contributed by atoms with E-state index in [1.54, 1.807) is 0 Å². The number of aldehydes is 1. The zero-order chi connectivity index (χ0) is 20.8. The maximum atomic E-state index is 12.6. The number of nitrogens with zero attached hydrogens (tertiary/aromatic N) is 1. The molecule has 8 nitrogen and oxygen atoms in total. The summed E-state index contributed by atoms with van der Waals surface area (Å²) in [5.74, 6) is -1.60. The Bertz CT molecular complexity index is 712. The number of halogens is 3. The third kappa shape index (κ3) is 7.66. The first-order valence-electron chi connectivity index (χ1n) is 7.77. The van der Waals surface area contributed by atoms with Crippen LogP contribution < -0.4 is 5.09 Å². The highest BCUT2D eigenvalue weighted by Crippen LogP contribution is 2.29. The Kier molecular flexibility index (Phi) is 8.39. The summed E-state index contributed by atoms with van der Waals surface area (Å²) >= 11 is 0. The Morgan fingerprint density at radius 2 is 2.07 bits per heavy atom. The largest absolute Gasteiger partial charge is 0.505 e. The number of alkyl halides is 3. The number of aromatic nitrogens is 1. The molecule has 1 rings (SSSR count). The molecule has 0 saturated carbocycles. The predicted octanol–water partition coefficient (Wildman–Crippen LogP) is 2.68. The van der Waals surface area contributed by atoms with Gasteiger partial charge < -0.3 is 14.4 Å². The van der Waals surface area contributed by atoms with Gasteiger partial charge in [0.25, 0.3) is 8.18 Å². The molecule has 152 valence electrons. The fraction of sp³-hybridized carbons (Fsp3) is 0.533. The van der Waals surface area contributed by atoms with Crippen molar-refractivity contribution in [2.75, 3.05) is 0 Å². The molecule has 0 aliphatic heterocycles. The van der Waals surface area contributed by atoms with E-state index in [9.17, 15) is 32.4 Å². The first-order chi connectivity index (χ1) is 12.4. The van der Waals surface area contributed by atoms with Gasteiger partial charge in [0.05, 0.1) is 30.4 Å². The van der Waals surface area contributed by atoms with Gasteiger partial charge in [0.2, 0.25) is 0 Å². The van der Waals surface area contributed by atoms with Crippen LogP contribution in [0.2, 0.25) is 0 Å². The van der Waals surface area contributed by atoms with Gasteiger partial charge in [-0.2, -0.15) is 13.2 Å². The van der Waals surface area contributed by atoms with Gasteiger partial charge in [0, 0.05) is 11.8 Å². The number of carbonyl (C=O) groups is 2. The second-order valence-electron chi connectivity index (χ2n) is 5.83. The van der Waals surface area contributed by atoms with Gasteiger partial charge in [-0.1, -0.05) is 0 Å². The maximum Gasteiger partial charge on any atom is 0.391 e. The summed E-state index contributed by atoms with van der Waals surface area (Å²) in [6, 6.07) is -1.91. The van der Waals surface area contributed by atoms with Crippen molar-refractivity contribution in [3.63, 3.8) is 0 Å². The zero-order valence-electron chi connectivity index (χ0n) is 14.8. The van der Waals surface area contributed by atoms with E-state index >= 15 is 0 Å². The van der Waals surface area contributed by atoms with Crippen molar-refractivity contribution in [1.82, 2.24) is 10.1 Å². The number of esters is 1. The van der Waals surface area contributed by atoms with Crippen LogP contribution in [-0.4, -0.2) is 40.7 Å². The first-order valence-corrected chi connectivity index (χ1v) is 9.09. The first kappa shape index (κ1) is 23.1. The van der Waals surface area contributed by atoms with Crippen LogP contribution in [0.4, 0.5) is 13.2 Å². The monoisotopic (exact) mass is 412 g/mol. The number of aryl methyl sites for hydroxylation is 1. The highest BCUT2D eigenvalue weighted by Gasteiger charge is 2.37. The maximum absolute atomic E-state index is 12.6. The topological polar surface area (TPSA) is 115 Å². The zero-order valence-corrected chi connectivity index (χ0v) is 15.8. The fourth-order valence-electron chi connectivity index (χ4n) is 1.97. The predicted molar refractivity (Wildman–Crippen MR) is 88.6 cm³/mol. The molecule has 0 aliphatic rings. The third-order valence-corrected chi connectivity index (χ3v) is 4.19. The Morgan fingerprint density at radius 3 is 2.59 bits per heavy atom. The van der Waals surface area contributed by atoms with E-state index in [0.717, 1.165) is 0 Å². The van der Waals surface area contributed by atoms with E-state index in [1.807, 2.05) is 5.09 Å². The average Bonchev–Trinajstić information content (AvgIpc) is 2.53. The Morgan fingerprint density at radius 1 is 1.44 bits per heavy atom. The van der Waals surface area contributed by atoms with Crippen LogP contribution in [0.15, 0.2) is 6.20 Å². The summed E-state index contributed by atoms with van der Waals surface area (Å²) in [4.78, 5) is 26.6. The molecule has 1 aromatic heterocycles. The lowest BCUT2D eigenvalue weighted by Crippen LogP contribution is -2.39. The standard InChI is InChI=1S/C15H20F3N2O6P/c1-8(2)26-14(23)12(4-15(16,17)18)20-27(24)25-7-10-5-19-9(3)13(22)11(10)6-21/h5-6,8,12,22,27H,4,7H2,1-3H3,(H,20,24). The number of hydrogen-bond donors (Lipinski definition) is 2. The molecule has 2 N–H and O–H groups in total. The van der Waals surface area contributed by atoms with Gasteiger partial charge in [-0.05, 0) is 20.8 Å². The summed E-state index contributed by atoms with van der Waals surface area (Å²) in [6.07, 6.45) is -5.40. The van der Waals surface area contributed by atoms with Crippen LogP contribution in [0, 0.1) is 6.92 Å². The van der Waals surface area contributed by atoms with Gasteiger partial charge in [-0.15, -0.1) is 0 Å². The number of pyridine rings is 1. The SMILES string of the molecule is Cc1ncc(CO[PH](=O)NC(CC(F)(F)F)C(=O)OC(C)C)c(C=O)c1O. The minimum atomic E-state index is -4.70. The van der Waals surface area contributed by atoms with Gasteiger partial charge in [0.1, 0.15) is 11.8 Å². The van der Waals surface area contributed by atoms with Crippen molar-refractivity contribution >= 4 is 20.4 Å². The smallest absolute Gasteiger partial charge is 0.391 e. The lowest BCUT2D eigenvalue weighted by atomic mass is 10.1. The molecular weight excluding hydrogens is 392 g/mol. The third-order valence-electron chi connectivity index (χ3n) is 3.20. The van der Waals surface area contributed by atoms with E-state index in [4.69, 9.17) is 9.26 Å². The molecular formula is C15H20F3N2O6P. The van der Waals surface area contributed by atoms with Crippen molar-refractivity contribution in [1.29, 1.82) is 0 Å². The molecule has 0 aromatic carbocycles. The molecule has 0 amide bonds. The molecule has 0 fully saturated rings. The van der Waals surface area contributed by atoms with Gasteiger partial charge >= 0.3 is 12.1 Å². The van der Waals surface area contributed by atoms with E-state index in [0.29, 0.717) is 6.29 Å². The second-order valence-corrected chi connectivity index (χ2v) is 6.98. The van der Waals surface area contributed by atoms with Crippen molar-refractivity contribution in [3.05, 3.63) is 23.0 Å². The molecule has 2 unspecified atom stereocenters. The molecule has 1 heterocycles. The number of ether oxygens (including phenoxy) is 1. The van der Waals surface area contributed by atoms with E-state index in [-0.39, 0.29) is 22.6 Å². The van der Waals surface area contributed by atoms with Crippen LogP contribution in [0.25, 0.3) is 0 Å². The minimum absolute atomic E-state index is 0.0883. The van der Waals surface area contributed by atoms with Crippen LogP contribution in [0.5, 0.6) is 5.75 Å². The molecule has 0 bridgehead atoms. The molecule has 1 aromatic rings. The van der Waals surface area contributed by atoms with Crippen molar-refractivity contribution in [2.24, 2.45) is 0 Å². The Hall–Kier alpha value is -1.97. The number of hydrogen-bond acceptors (Lipinski definition) is 7. The number of rotatable bonds is 9. The fourth-order valence-corrected chi connectivity index (χ4v) is 2.84. The highest BCUT2D eigenvalue weighted by atomic mass is 31.1. The number of aromatic hydroxyl groups is 1. The van der Waals surface area contributed by atoms with Gasteiger partial charge in [-0.25, -0.2) is 5.09 Å². The lowest BCUT2D eigenvalue weighted by molar-refractivity contribution is -0.164. The van der Waals surface area contributed by atoms with E-state index in [1.165, 1.54) is 27.0 Å². The molecule has 27 heavy (non-hydrogen) atoms. The summed E-state index contributed by atoms with van der Waals surface area (Å²) in [6.45, 7) is 3.90. The number of carbonyl (C=O) groups excluding carboxylic acids is 2. The molecule has 12 heteroatoms. The molecule has 0 spiro atoms. The molecule has 0 aliphatic carbocycles. The summed E-state index contributed by atoms with van der Waals surface area (Å²) in [7, 11) is -3.31. The van der Waals surface area contributed by atoms with Gasteiger partial charge in [0.15, 0.2) is 6.29 Å². The highest BCUT2D eigenvalue weighted by molar-refractivity contribution is 7.36.